The number of imidazole rings is 1. The molecule has 0 bridgehead atoms. The van der Waals surface area contributed by atoms with Crippen LogP contribution in [0.4, 0.5) is 0 Å². The monoisotopic (exact) mass is 238 g/mol. The van der Waals surface area contributed by atoms with Gasteiger partial charge in [-0.1, -0.05) is 24.3 Å². The second-order valence-corrected chi connectivity index (χ2v) is 4.43. The van der Waals surface area contributed by atoms with Gasteiger partial charge in [-0.05, 0) is 37.6 Å². The molecule has 0 atom stereocenters. The molecule has 0 amide bonds. The van der Waals surface area contributed by atoms with Crippen LogP contribution in [0.1, 0.15) is 11.4 Å². The van der Waals surface area contributed by atoms with Crippen LogP contribution in [0, 0.1) is 13.8 Å². The van der Waals surface area contributed by atoms with Gasteiger partial charge in [0.25, 0.3) is 0 Å². The average molecular weight is 238 g/mol. The molecule has 0 aliphatic heterocycles. The number of hydrogen-bond acceptors (Lipinski definition) is 2. The average Bonchev–Trinajstić information content (AvgIpc) is 2.69. The van der Waals surface area contributed by atoms with Gasteiger partial charge < -0.3 is 5.11 Å². The summed E-state index contributed by atoms with van der Waals surface area (Å²) in [7, 11) is 0. The first kappa shape index (κ1) is 10.8. The number of hydrogen-bond donors (Lipinski definition) is 1. The quantitative estimate of drug-likeness (QED) is 0.706. The predicted molar refractivity (Wildman–Crippen MR) is 72.2 cm³/mol. The molecule has 1 heterocycles. The molecule has 3 aromatic rings. The predicted octanol–water partition coefficient (Wildman–Crippen LogP) is 3.35. The zero-order valence-electron chi connectivity index (χ0n) is 10.4. The van der Waals surface area contributed by atoms with Crippen LogP contribution in [0.25, 0.3) is 16.7 Å². The lowest BCUT2D eigenvalue weighted by Crippen LogP contribution is -1.98. The smallest absolute Gasteiger partial charge is 0.142 e. The summed E-state index contributed by atoms with van der Waals surface area (Å²) in [5.41, 5.74) is 3.60. The molecule has 0 saturated heterocycles. The fourth-order valence-corrected chi connectivity index (χ4v) is 2.27. The van der Waals surface area contributed by atoms with E-state index in [4.69, 9.17) is 0 Å². The Morgan fingerprint density at radius 2 is 1.78 bits per heavy atom. The summed E-state index contributed by atoms with van der Waals surface area (Å²) in [5, 5.41) is 10.2. The van der Waals surface area contributed by atoms with Crippen molar-refractivity contribution in [3.63, 3.8) is 0 Å². The fourth-order valence-electron chi connectivity index (χ4n) is 2.27. The highest BCUT2D eigenvalue weighted by molar-refractivity contribution is 5.79. The van der Waals surface area contributed by atoms with E-state index in [0.29, 0.717) is 5.75 Å². The number of aromatic hydroxyl groups is 1. The third kappa shape index (κ3) is 1.48. The van der Waals surface area contributed by atoms with E-state index in [-0.39, 0.29) is 0 Å². The molecule has 0 aliphatic rings. The maximum atomic E-state index is 10.2. The molecule has 18 heavy (non-hydrogen) atoms. The highest BCUT2D eigenvalue weighted by Crippen LogP contribution is 2.29. The van der Waals surface area contributed by atoms with E-state index in [2.05, 4.69) is 4.98 Å². The number of aromatic nitrogens is 2. The van der Waals surface area contributed by atoms with Crippen molar-refractivity contribution in [2.75, 3.05) is 0 Å². The number of aryl methyl sites for hydroxylation is 2. The molecule has 0 unspecified atom stereocenters. The normalized spacial score (nSPS) is 11.0. The van der Waals surface area contributed by atoms with E-state index in [0.717, 1.165) is 28.1 Å². The molecule has 2 aromatic carbocycles. The summed E-state index contributed by atoms with van der Waals surface area (Å²) in [4.78, 5) is 4.51. The molecule has 0 aliphatic carbocycles. The largest absolute Gasteiger partial charge is 0.505 e. The second kappa shape index (κ2) is 3.88. The Kier molecular flexibility index (Phi) is 2.33. The van der Waals surface area contributed by atoms with Gasteiger partial charge in [-0.3, -0.25) is 4.57 Å². The van der Waals surface area contributed by atoms with Gasteiger partial charge in [0.1, 0.15) is 11.6 Å². The lowest BCUT2D eigenvalue weighted by atomic mass is 10.2. The van der Waals surface area contributed by atoms with Gasteiger partial charge in [0.2, 0.25) is 0 Å². The number of phenols is 1. The molecule has 3 heteroatoms. The Morgan fingerprint density at radius 3 is 2.61 bits per heavy atom. The van der Waals surface area contributed by atoms with Gasteiger partial charge in [0, 0.05) is 0 Å². The first-order chi connectivity index (χ1) is 8.68. The molecule has 0 fully saturated rings. The van der Waals surface area contributed by atoms with Gasteiger partial charge in [-0.25, -0.2) is 4.98 Å². The number of para-hydroxylation sites is 3. The minimum absolute atomic E-state index is 0.309. The van der Waals surface area contributed by atoms with Gasteiger partial charge in [0.15, 0.2) is 0 Å². The summed E-state index contributed by atoms with van der Waals surface area (Å²) in [6.45, 7) is 3.84. The maximum Gasteiger partial charge on any atom is 0.142 e. The number of nitrogens with zero attached hydrogens (tertiary/aromatic N) is 2. The number of rotatable bonds is 1. The lowest BCUT2D eigenvalue weighted by molar-refractivity contribution is 0.468. The Bertz CT molecular complexity index is 728. The Morgan fingerprint density at radius 1 is 1.00 bits per heavy atom. The van der Waals surface area contributed by atoms with Crippen molar-refractivity contribution in [2.24, 2.45) is 0 Å². The fraction of sp³-hybridized carbons (Fsp3) is 0.133. The van der Waals surface area contributed by atoms with Crippen molar-refractivity contribution in [1.82, 2.24) is 9.55 Å². The number of benzene rings is 2. The molecule has 0 saturated carbocycles. The van der Waals surface area contributed by atoms with Gasteiger partial charge in [-0.15, -0.1) is 0 Å². The molecular formula is C15H14N2O. The van der Waals surface area contributed by atoms with Gasteiger partial charge >= 0.3 is 0 Å². The van der Waals surface area contributed by atoms with Crippen molar-refractivity contribution in [3.8, 4) is 11.4 Å². The second-order valence-electron chi connectivity index (χ2n) is 4.43. The summed E-state index contributed by atoms with van der Waals surface area (Å²) < 4.78 is 1.98. The summed E-state index contributed by atoms with van der Waals surface area (Å²) in [6, 6.07) is 13.7. The number of fused-ring (bicyclic) bond motifs is 1. The Hall–Kier alpha value is -2.29. The maximum absolute atomic E-state index is 10.2. The van der Waals surface area contributed by atoms with Crippen molar-refractivity contribution < 1.29 is 5.11 Å². The van der Waals surface area contributed by atoms with E-state index >= 15 is 0 Å². The lowest BCUT2D eigenvalue weighted by Gasteiger charge is -2.10. The van der Waals surface area contributed by atoms with Crippen LogP contribution in [-0.4, -0.2) is 14.7 Å². The van der Waals surface area contributed by atoms with Crippen molar-refractivity contribution in [2.45, 2.75) is 13.8 Å². The molecule has 0 spiro atoms. The highest BCUT2D eigenvalue weighted by Gasteiger charge is 2.12. The molecule has 90 valence electrons. The third-order valence-corrected chi connectivity index (χ3v) is 3.19. The summed E-state index contributed by atoms with van der Waals surface area (Å²) in [5.74, 6) is 1.18. The van der Waals surface area contributed by atoms with Crippen LogP contribution in [-0.2, 0) is 0 Å². The van der Waals surface area contributed by atoms with E-state index in [1.165, 1.54) is 0 Å². The van der Waals surface area contributed by atoms with Crippen LogP contribution < -0.4 is 0 Å². The topological polar surface area (TPSA) is 38.0 Å². The van der Waals surface area contributed by atoms with Gasteiger partial charge in [-0.2, -0.15) is 0 Å². The van der Waals surface area contributed by atoms with Crippen molar-refractivity contribution >= 4 is 11.0 Å². The summed E-state index contributed by atoms with van der Waals surface area (Å²) in [6.07, 6.45) is 0. The van der Waals surface area contributed by atoms with Crippen molar-refractivity contribution in [1.29, 1.82) is 0 Å². The zero-order chi connectivity index (χ0) is 12.7. The van der Waals surface area contributed by atoms with Crippen LogP contribution >= 0.6 is 0 Å². The van der Waals surface area contributed by atoms with Crippen LogP contribution in [0.3, 0.4) is 0 Å². The standard InChI is InChI=1S/C15H14N2O/c1-10-6-5-9-14(15(10)18)17-11(2)16-12-7-3-4-8-13(12)17/h3-9,18H,1-2H3. The molecule has 1 N–H and O–H groups in total. The van der Waals surface area contributed by atoms with E-state index in [1.807, 2.05) is 60.9 Å². The first-order valence-corrected chi connectivity index (χ1v) is 5.91. The Balaban J connectivity index is 2.38. The molecule has 3 rings (SSSR count). The van der Waals surface area contributed by atoms with Crippen LogP contribution in [0.5, 0.6) is 5.75 Å². The minimum atomic E-state index is 0.309. The molecule has 1 aromatic heterocycles. The van der Waals surface area contributed by atoms with Crippen LogP contribution in [0.2, 0.25) is 0 Å². The van der Waals surface area contributed by atoms with E-state index < -0.39 is 0 Å². The van der Waals surface area contributed by atoms with Crippen molar-refractivity contribution in [3.05, 3.63) is 53.9 Å². The minimum Gasteiger partial charge on any atom is -0.505 e. The van der Waals surface area contributed by atoms with E-state index in [1.54, 1.807) is 0 Å². The first-order valence-electron chi connectivity index (χ1n) is 5.91. The summed E-state index contributed by atoms with van der Waals surface area (Å²) >= 11 is 0. The third-order valence-electron chi connectivity index (χ3n) is 3.19. The SMILES string of the molecule is Cc1cccc(-n2c(C)nc3ccccc32)c1O. The zero-order valence-corrected chi connectivity index (χ0v) is 10.4. The Labute approximate surface area is 105 Å². The van der Waals surface area contributed by atoms with Gasteiger partial charge in [0.05, 0.1) is 16.7 Å². The highest BCUT2D eigenvalue weighted by atomic mass is 16.3. The number of phenolic OH excluding ortho intramolecular Hbond substituents is 1. The molecular weight excluding hydrogens is 224 g/mol. The van der Waals surface area contributed by atoms with E-state index in [9.17, 15) is 5.11 Å². The van der Waals surface area contributed by atoms with Crippen LogP contribution in [0.15, 0.2) is 42.5 Å². The molecule has 3 nitrogen and oxygen atoms in total. The molecule has 0 radical (unpaired) electrons.